The van der Waals surface area contributed by atoms with Gasteiger partial charge in [0.25, 0.3) is 0 Å². The number of para-hydroxylation sites is 1. The molecule has 3 rings (SSSR count). The first-order chi connectivity index (χ1) is 9.24. The maximum atomic E-state index is 10.9. The van der Waals surface area contributed by atoms with E-state index in [-0.39, 0.29) is 5.69 Å². The Balaban J connectivity index is 1.87. The van der Waals surface area contributed by atoms with Crippen molar-refractivity contribution in [1.29, 1.82) is 0 Å². The second-order valence-electron chi connectivity index (χ2n) is 4.20. The normalized spacial score (nSPS) is 14.4. The monoisotopic (exact) mass is 276 g/mol. The molecule has 2 aromatic rings. The van der Waals surface area contributed by atoms with Crippen LogP contribution in [0.3, 0.4) is 0 Å². The largest absolute Gasteiger partial charge is 0.491 e. The van der Waals surface area contributed by atoms with Crippen molar-refractivity contribution in [2.24, 2.45) is 0 Å². The van der Waals surface area contributed by atoms with E-state index in [0.717, 1.165) is 16.4 Å². The van der Waals surface area contributed by atoms with Gasteiger partial charge in [0.05, 0.1) is 6.54 Å². The molecule has 1 N–H and O–H groups in total. The third-order valence-electron chi connectivity index (χ3n) is 2.93. The number of anilines is 1. The molecule has 0 unspecified atom stereocenters. The molecule has 5 nitrogen and oxygen atoms in total. The molecule has 0 amide bonds. The van der Waals surface area contributed by atoms with Crippen molar-refractivity contribution in [3.05, 3.63) is 40.9 Å². The first-order valence-electron chi connectivity index (χ1n) is 5.88. The van der Waals surface area contributed by atoms with Crippen LogP contribution in [-0.2, 0) is 6.54 Å². The van der Waals surface area contributed by atoms with Gasteiger partial charge in [-0.25, -0.2) is 9.78 Å². The summed E-state index contributed by atoms with van der Waals surface area (Å²) in [4.78, 5) is 17.0. The summed E-state index contributed by atoms with van der Waals surface area (Å²) in [6.45, 7) is 1.95. The Kier molecular flexibility index (Phi) is 3.08. The van der Waals surface area contributed by atoms with Gasteiger partial charge >= 0.3 is 5.97 Å². The standard InChI is InChI=1S/C13H12N2O3S/c16-12(17)10-8-19-13(14-10)15-5-6-18-11-4-2-1-3-9(11)7-15/h1-4,8H,5-7H2,(H,16,17). The molecule has 0 saturated carbocycles. The number of fused-ring (bicyclic) bond motifs is 1. The Labute approximate surface area is 114 Å². The number of carboxylic acids is 1. The molecular formula is C13H12N2O3S. The van der Waals surface area contributed by atoms with Gasteiger partial charge in [-0.2, -0.15) is 0 Å². The van der Waals surface area contributed by atoms with Gasteiger partial charge in [0.2, 0.25) is 0 Å². The lowest BCUT2D eigenvalue weighted by Gasteiger charge is -2.18. The van der Waals surface area contributed by atoms with Gasteiger partial charge in [0.15, 0.2) is 10.8 Å². The molecule has 0 spiro atoms. The number of hydrogen-bond donors (Lipinski definition) is 1. The van der Waals surface area contributed by atoms with Crippen LogP contribution in [0.2, 0.25) is 0 Å². The number of rotatable bonds is 2. The Morgan fingerprint density at radius 3 is 3.05 bits per heavy atom. The van der Waals surface area contributed by atoms with Crippen molar-refractivity contribution in [1.82, 2.24) is 4.98 Å². The molecular weight excluding hydrogens is 264 g/mol. The zero-order chi connectivity index (χ0) is 13.2. The summed E-state index contributed by atoms with van der Waals surface area (Å²) in [7, 11) is 0. The Morgan fingerprint density at radius 1 is 1.42 bits per heavy atom. The second kappa shape index (κ2) is 4.89. The average Bonchev–Trinajstić information content (AvgIpc) is 2.80. The lowest BCUT2D eigenvalue weighted by molar-refractivity contribution is 0.0691. The van der Waals surface area contributed by atoms with Gasteiger partial charge < -0.3 is 14.7 Å². The van der Waals surface area contributed by atoms with E-state index in [2.05, 4.69) is 4.98 Å². The summed E-state index contributed by atoms with van der Waals surface area (Å²) < 4.78 is 5.67. The summed E-state index contributed by atoms with van der Waals surface area (Å²) >= 11 is 1.35. The molecule has 2 heterocycles. The number of aromatic carboxylic acids is 1. The fraction of sp³-hybridized carbons (Fsp3) is 0.231. The van der Waals surface area contributed by atoms with Crippen LogP contribution in [0.4, 0.5) is 5.13 Å². The number of carboxylic acid groups (broad SMARTS) is 1. The molecule has 98 valence electrons. The Bertz CT molecular complexity index is 611. The molecule has 0 fully saturated rings. The number of ether oxygens (including phenoxy) is 1. The summed E-state index contributed by atoms with van der Waals surface area (Å²) in [6.07, 6.45) is 0. The predicted molar refractivity (Wildman–Crippen MR) is 72.1 cm³/mol. The van der Waals surface area contributed by atoms with Gasteiger partial charge in [0, 0.05) is 17.5 Å². The van der Waals surface area contributed by atoms with Crippen molar-refractivity contribution in [3.8, 4) is 5.75 Å². The topological polar surface area (TPSA) is 62.7 Å². The van der Waals surface area contributed by atoms with Gasteiger partial charge in [-0.05, 0) is 6.07 Å². The van der Waals surface area contributed by atoms with Crippen LogP contribution in [0.15, 0.2) is 29.6 Å². The van der Waals surface area contributed by atoms with Crippen molar-refractivity contribution in [3.63, 3.8) is 0 Å². The molecule has 0 atom stereocenters. The molecule has 1 aromatic heterocycles. The summed E-state index contributed by atoms with van der Waals surface area (Å²) in [6, 6.07) is 7.87. The highest BCUT2D eigenvalue weighted by atomic mass is 32.1. The number of hydrogen-bond acceptors (Lipinski definition) is 5. The number of thiazole rings is 1. The molecule has 1 aliphatic heterocycles. The smallest absolute Gasteiger partial charge is 0.355 e. The van der Waals surface area contributed by atoms with Crippen LogP contribution in [0.25, 0.3) is 0 Å². The quantitative estimate of drug-likeness (QED) is 0.911. The molecule has 1 aliphatic rings. The Hall–Kier alpha value is -2.08. The van der Waals surface area contributed by atoms with Gasteiger partial charge in [-0.3, -0.25) is 0 Å². The zero-order valence-electron chi connectivity index (χ0n) is 10.1. The van der Waals surface area contributed by atoms with Gasteiger partial charge in [-0.15, -0.1) is 11.3 Å². The summed E-state index contributed by atoms with van der Waals surface area (Å²) in [5, 5.41) is 11.2. The minimum atomic E-state index is -0.992. The lowest BCUT2D eigenvalue weighted by atomic mass is 10.2. The van der Waals surface area contributed by atoms with E-state index in [9.17, 15) is 4.79 Å². The number of benzene rings is 1. The third kappa shape index (κ3) is 2.39. The van der Waals surface area contributed by atoms with Gasteiger partial charge in [-0.1, -0.05) is 18.2 Å². The van der Waals surface area contributed by atoms with Crippen molar-refractivity contribution in [2.45, 2.75) is 6.54 Å². The highest BCUT2D eigenvalue weighted by Crippen LogP contribution is 2.28. The van der Waals surface area contributed by atoms with Crippen LogP contribution in [0.5, 0.6) is 5.75 Å². The fourth-order valence-corrected chi connectivity index (χ4v) is 2.82. The first-order valence-corrected chi connectivity index (χ1v) is 6.76. The van der Waals surface area contributed by atoms with E-state index < -0.39 is 5.97 Å². The molecule has 0 bridgehead atoms. The highest BCUT2D eigenvalue weighted by Gasteiger charge is 2.19. The minimum absolute atomic E-state index is 0.0958. The van der Waals surface area contributed by atoms with E-state index >= 15 is 0 Å². The van der Waals surface area contributed by atoms with Crippen molar-refractivity contribution in [2.75, 3.05) is 18.1 Å². The fourth-order valence-electron chi connectivity index (χ4n) is 2.00. The van der Waals surface area contributed by atoms with Crippen LogP contribution in [-0.4, -0.2) is 29.2 Å². The maximum absolute atomic E-state index is 10.9. The van der Waals surface area contributed by atoms with E-state index in [0.29, 0.717) is 19.7 Å². The number of carbonyl (C=O) groups is 1. The first kappa shape index (κ1) is 12.0. The van der Waals surface area contributed by atoms with E-state index in [1.165, 1.54) is 11.3 Å². The highest BCUT2D eigenvalue weighted by molar-refractivity contribution is 7.13. The van der Waals surface area contributed by atoms with Crippen LogP contribution >= 0.6 is 11.3 Å². The predicted octanol–water partition coefficient (Wildman–Crippen LogP) is 2.24. The third-order valence-corrected chi connectivity index (χ3v) is 3.84. The van der Waals surface area contributed by atoms with Crippen molar-refractivity contribution < 1.29 is 14.6 Å². The summed E-state index contributed by atoms with van der Waals surface area (Å²) in [5.41, 5.74) is 1.19. The zero-order valence-corrected chi connectivity index (χ0v) is 10.9. The average molecular weight is 276 g/mol. The molecule has 0 radical (unpaired) electrons. The van der Waals surface area contributed by atoms with E-state index in [1.807, 2.05) is 29.2 Å². The van der Waals surface area contributed by atoms with Crippen molar-refractivity contribution >= 4 is 22.4 Å². The van der Waals surface area contributed by atoms with Crippen LogP contribution in [0.1, 0.15) is 16.1 Å². The van der Waals surface area contributed by atoms with Crippen LogP contribution < -0.4 is 9.64 Å². The molecule has 0 saturated heterocycles. The lowest BCUT2D eigenvalue weighted by Crippen LogP contribution is -2.25. The van der Waals surface area contributed by atoms with Gasteiger partial charge in [0.1, 0.15) is 12.4 Å². The molecule has 0 aliphatic carbocycles. The van der Waals surface area contributed by atoms with E-state index in [4.69, 9.17) is 9.84 Å². The van der Waals surface area contributed by atoms with Crippen LogP contribution in [0, 0.1) is 0 Å². The molecule has 19 heavy (non-hydrogen) atoms. The number of aromatic nitrogens is 1. The second-order valence-corrected chi connectivity index (χ2v) is 5.03. The maximum Gasteiger partial charge on any atom is 0.355 e. The van der Waals surface area contributed by atoms with E-state index in [1.54, 1.807) is 5.38 Å². The molecule has 1 aromatic carbocycles. The molecule has 6 heteroatoms. The Morgan fingerprint density at radius 2 is 2.26 bits per heavy atom. The summed E-state index contributed by atoms with van der Waals surface area (Å²) in [5.74, 6) is -0.103. The SMILES string of the molecule is O=C(O)c1csc(N2CCOc3ccccc3C2)n1. The number of nitrogens with zero attached hydrogens (tertiary/aromatic N) is 2. The minimum Gasteiger partial charge on any atom is -0.491 e.